The zero-order valence-electron chi connectivity index (χ0n) is 54.6. The first-order valence-electron chi connectivity index (χ1n) is 34.6. The van der Waals surface area contributed by atoms with E-state index in [0.29, 0.717) is 110 Å². The van der Waals surface area contributed by atoms with Gasteiger partial charge in [-0.1, -0.05) is 0 Å². The van der Waals surface area contributed by atoms with Crippen LogP contribution in [0.15, 0.2) is 14.4 Å². The molecule has 22 unspecified atom stereocenters. The molecule has 0 radical (unpaired) electrons. The van der Waals surface area contributed by atoms with Gasteiger partial charge < -0.3 is 69.0 Å². The van der Waals surface area contributed by atoms with Crippen molar-refractivity contribution >= 4 is 98.5 Å². The van der Waals surface area contributed by atoms with Crippen molar-refractivity contribution in [1.29, 1.82) is 0 Å². The maximum Gasteiger partial charge on any atom is 0.336 e. The Morgan fingerprint density at radius 1 is 0.364 bits per heavy atom. The Morgan fingerprint density at radius 2 is 0.659 bits per heavy atom. The van der Waals surface area contributed by atoms with Crippen LogP contribution in [0.3, 0.4) is 0 Å². The molecule has 7 saturated heterocycles. The summed E-state index contributed by atoms with van der Waals surface area (Å²) >= 11 is 0. The predicted molar refractivity (Wildman–Crippen MR) is 356 cm³/mol. The molecule has 22 atom stereocenters. The third kappa shape index (κ3) is 18.2. The summed E-state index contributed by atoms with van der Waals surface area (Å²) in [6, 6.07) is 5.14. The Morgan fingerprint density at radius 3 is 1.02 bits per heavy atom. The van der Waals surface area contributed by atoms with Gasteiger partial charge in [0.1, 0.15) is 6.29 Å². The summed E-state index contributed by atoms with van der Waals surface area (Å²) in [5.41, 5.74) is -1.85. The molecule has 11 fully saturated rings. The van der Waals surface area contributed by atoms with E-state index in [2.05, 4.69) is 52.4 Å². The average Bonchev–Trinajstić information content (AvgIpc) is 1.74. The minimum atomic E-state index is -2.99. The second-order valence-electron chi connectivity index (χ2n) is 29.2. The zero-order chi connectivity index (χ0) is 61.8. The predicted octanol–water partition coefficient (Wildman–Crippen LogP) is 6.96. The molecular weight excluding hydrogens is 1320 g/mol. The molecular formula is C55H107N3O19Si11. The summed E-state index contributed by atoms with van der Waals surface area (Å²) in [5, 5.41) is 0. The van der Waals surface area contributed by atoms with Gasteiger partial charge >= 0.3 is 116 Å². The maximum absolute atomic E-state index is 14.9. The maximum atomic E-state index is 14.9. The van der Waals surface area contributed by atoms with E-state index in [-0.39, 0.29) is 19.6 Å². The van der Waals surface area contributed by atoms with Gasteiger partial charge in [-0.05, 0) is 254 Å². The number of nitrogens with zero attached hydrogens (tertiary/aromatic N) is 3. The monoisotopic (exact) mass is 1420 g/mol. The summed E-state index contributed by atoms with van der Waals surface area (Å²) in [4.78, 5) is 44.7. The fourth-order valence-electron chi connectivity index (χ4n) is 16.5. The zero-order valence-corrected chi connectivity index (χ0v) is 66.5. The molecule has 7 aliphatic heterocycles. The van der Waals surface area contributed by atoms with Crippen molar-refractivity contribution < 1.29 is 69.0 Å². The lowest BCUT2D eigenvalue weighted by Gasteiger charge is -2.43. The van der Waals surface area contributed by atoms with Gasteiger partial charge in [0.2, 0.25) is 0 Å². The lowest BCUT2D eigenvalue weighted by molar-refractivity contribution is -0.0175. The fraction of sp³-hybridized carbons (Fsp3) is 0.945. The van der Waals surface area contributed by atoms with Crippen molar-refractivity contribution in [2.45, 2.75) is 305 Å². The van der Waals surface area contributed by atoms with E-state index in [4.69, 9.17) is 69.0 Å². The summed E-state index contributed by atoms with van der Waals surface area (Å²) in [7, 11) is -27.4. The molecule has 8 heterocycles. The Bertz CT molecular complexity index is 2720. The van der Waals surface area contributed by atoms with Crippen LogP contribution in [0.1, 0.15) is 129 Å². The van der Waals surface area contributed by atoms with E-state index in [1.54, 1.807) is 0 Å². The van der Waals surface area contributed by atoms with Gasteiger partial charge in [0.15, 0.2) is 0 Å². The summed E-state index contributed by atoms with van der Waals surface area (Å²) in [6.45, 7) is 21.2. The van der Waals surface area contributed by atoms with Crippen molar-refractivity contribution in [3.8, 4) is 0 Å². The lowest BCUT2D eigenvalue weighted by atomic mass is 9.88. The summed E-state index contributed by atoms with van der Waals surface area (Å²) in [5.74, 6) is 2.43. The highest BCUT2D eigenvalue weighted by Crippen LogP contribution is 2.46. The topological polar surface area (TPSA) is 227 Å². The van der Waals surface area contributed by atoms with Crippen LogP contribution in [0.5, 0.6) is 0 Å². The largest absolute Gasteiger partial charge is 0.418 e. The second kappa shape index (κ2) is 28.7. The van der Waals surface area contributed by atoms with Gasteiger partial charge in [-0.3, -0.25) is 0 Å². The molecule has 0 spiro atoms. The Hall–Kier alpha value is 0.156. The number of epoxide rings is 4. The second-order valence-corrected chi connectivity index (χ2v) is 60.5. The van der Waals surface area contributed by atoms with Gasteiger partial charge in [-0.2, -0.15) is 0 Å². The number of hydrogen-bond donors (Lipinski definition) is 0. The van der Waals surface area contributed by atoms with Crippen molar-refractivity contribution in [3.05, 3.63) is 31.5 Å². The van der Waals surface area contributed by atoms with Gasteiger partial charge in [0.05, 0.1) is 48.8 Å². The standard InChI is InChI=1S/C55H107N3O19Si11/c1-40-66-78(2)68-85(7,75-82(67-40)29-22-41-14-18-45-49(36-41)62-45)32-12-27-57-53(59)56(26-11-31-84(6)69-79(3)72-87(9,73-80(4)70-84)34-24-43-16-20-47-51(38-43)64-47)54(60)58(55(57)61)28-13-33-86(8)71-81(5)74-88(10,35-25-44-17-21-48-52(39-44)65-48)77-83(76-86)30-23-42-15-19-46-50(37-42)63-46/h40-52,78-83H,11-39H2,1-10H3. The highest BCUT2D eigenvalue weighted by atomic mass is 28.5. The van der Waals surface area contributed by atoms with E-state index in [0.717, 1.165) is 108 Å². The average molecular weight is 1420 g/mol. The van der Waals surface area contributed by atoms with E-state index < -0.39 is 122 Å². The highest BCUT2D eigenvalue weighted by Gasteiger charge is 2.52. The van der Waals surface area contributed by atoms with Crippen LogP contribution >= 0.6 is 0 Å². The van der Waals surface area contributed by atoms with Crippen LogP contribution in [0.25, 0.3) is 0 Å². The lowest BCUT2D eigenvalue weighted by Crippen LogP contribution is -2.59. The van der Waals surface area contributed by atoms with Crippen molar-refractivity contribution in [3.63, 3.8) is 0 Å². The molecule has 4 saturated carbocycles. The molecule has 0 aromatic carbocycles. The molecule has 88 heavy (non-hydrogen) atoms. The molecule has 11 aliphatic rings. The van der Waals surface area contributed by atoms with E-state index >= 15 is 0 Å². The van der Waals surface area contributed by atoms with Crippen LogP contribution in [0.4, 0.5) is 0 Å². The molecule has 12 rings (SSSR count). The molecule has 0 bridgehead atoms. The number of fused-ring (bicyclic) bond motifs is 4. The minimum absolute atomic E-state index is 0.0899. The van der Waals surface area contributed by atoms with Crippen molar-refractivity contribution in [2.75, 3.05) is 0 Å². The van der Waals surface area contributed by atoms with E-state index in [9.17, 15) is 14.4 Å². The van der Waals surface area contributed by atoms with E-state index in [1.165, 1.54) is 33.0 Å². The van der Waals surface area contributed by atoms with Gasteiger partial charge in [0.25, 0.3) is 0 Å². The Labute approximate surface area is 537 Å². The Balaban J connectivity index is 0.736. The number of rotatable bonds is 24. The molecule has 0 N–H and O–H groups in total. The first-order chi connectivity index (χ1) is 41.9. The van der Waals surface area contributed by atoms with Crippen LogP contribution in [-0.4, -0.2) is 167 Å². The minimum Gasteiger partial charge on any atom is -0.418 e. The quantitative estimate of drug-likeness (QED) is 0.0753. The third-order valence-electron chi connectivity index (χ3n) is 21.3. The van der Waals surface area contributed by atoms with Gasteiger partial charge in [-0.15, -0.1) is 0 Å². The first kappa shape index (κ1) is 68.1. The number of ether oxygens (including phenoxy) is 4. The molecule has 22 nitrogen and oxygen atoms in total. The van der Waals surface area contributed by atoms with Gasteiger partial charge in [-0.25, -0.2) is 28.1 Å². The van der Waals surface area contributed by atoms with Crippen LogP contribution in [-0.2, 0) is 88.6 Å². The van der Waals surface area contributed by atoms with E-state index in [1.807, 2.05) is 13.5 Å². The fourth-order valence-corrected chi connectivity index (χ4v) is 62.7. The normalized spacial score (nSPS) is 45.8. The molecule has 1 aromatic rings. The molecule has 4 aliphatic carbocycles. The smallest absolute Gasteiger partial charge is 0.336 e. The molecule has 33 heteroatoms. The van der Waals surface area contributed by atoms with Crippen LogP contribution < -0.4 is 17.1 Å². The highest BCUT2D eigenvalue weighted by molar-refractivity contribution is 6.86. The molecule has 1 aromatic heterocycles. The number of hydrogen-bond acceptors (Lipinski definition) is 19. The third-order valence-corrected chi connectivity index (χ3v) is 62.9. The summed E-state index contributed by atoms with van der Waals surface area (Å²) in [6.07, 6.45) is 22.4. The van der Waals surface area contributed by atoms with Gasteiger partial charge in [0, 0.05) is 19.6 Å². The summed E-state index contributed by atoms with van der Waals surface area (Å²) < 4.78 is 110. The van der Waals surface area contributed by atoms with Crippen molar-refractivity contribution in [1.82, 2.24) is 13.7 Å². The Kier molecular flexibility index (Phi) is 22.2. The number of aromatic nitrogens is 3. The van der Waals surface area contributed by atoms with Crippen LogP contribution in [0, 0.1) is 23.7 Å². The SMILES string of the molecule is CC1O[SiH](C)O[Si](C)(CCCn2c(=O)n(CCC[Si]3(C)O[SiH](C)O[Si](C)(CCC4CCC5OC5C4)O[SiH](C)O3)c(=O)n(CCC[Si]3(C)O[SiH](C)O[Si](C)(CCC4CCC5OC5C4)O[SiH](CCC4CCC5OC5C4)O3)c2=O)O[SiH](CCC2CCC3OC3C2)O1. The molecule has 500 valence electrons. The molecule has 0 amide bonds. The van der Waals surface area contributed by atoms with Crippen LogP contribution in [0.2, 0.25) is 101 Å². The first-order valence-corrected chi connectivity index (χ1v) is 59.1. The van der Waals surface area contributed by atoms with Crippen molar-refractivity contribution in [2.24, 2.45) is 23.7 Å².